The van der Waals surface area contributed by atoms with Crippen LogP contribution >= 0.6 is 0 Å². The number of ether oxygens (including phenoxy) is 2. The number of rotatable bonds is 8. The Hall–Kier alpha value is -2.15. The molecule has 0 atom stereocenters. The van der Waals surface area contributed by atoms with E-state index in [0.717, 1.165) is 5.56 Å². The van der Waals surface area contributed by atoms with Gasteiger partial charge in [-0.1, -0.05) is 6.07 Å². The smallest absolute Gasteiger partial charge is 0.311 e. The second-order valence-corrected chi connectivity index (χ2v) is 4.68. The monoisotopic (exact) mass is 296 g/mol. The highest BCUT2D eigenvalue weighted by Gasteiger charge is 2.15. The summed E-state index contributed by atoms with van der Waals surface area (Å²) in [5, 5.41) is 11.0. The van der Waals surface area contributed by atoms with Crippen molar-refractivity contribution >= 4 is 11.7 Å². The van der Waals surface area contributed by atoms with Gasteiger partial charge in [0, 0.05) is 19.0 Å². The summed E-state index contributed by atoms with van der Waals surface area (Å²) >= 11 is 0. The van der Waals surface area contributed by atoms with Crippen LogP contribution in [0.5, 0.6) is 5.75 Å². The average molecular weight is 296 g/mol. The van der Waals surface area contributed by atoms with Crippen LogP contribution in [-0.2, 0) is 16.1 Å². The molecule has 0 amide bonds. The molecule has 0 aliphatic heterocycles. The molecule has 1 aromatic carbocycles. The van der Waals surface area contributed by atoms with Crippen molar-refractivity contribution in [2.75, 3.05) is 27.8 Å². The van der Waals surface area contributed by atoms with Crippen LogP contribution in [0.1, 0.15) is 18.4 Å². The zero-order chi connectivity index (χ0) is 15.8. The zero-order valence-electron chi connectivity index (χ0n) is 12.5. The van der Waals surface area contributed by atoms with E-state index in [2.05, 4.69) is 4.74 Å². The summed E-state index contributed by atoms with van der Waals surface area (Å²) in [7, 11) is 4.66. The maximum atomic E-state index is 11.0. The number of carbonyl (C=O) groups is 1. The molecule has 0 fully saturated rings. The largest absolute Gasteiger partial charge is 0.490 e. The Morgan fingerprint density at radius 1 is 1.38 bits per heavy atom. The minimum Gasteiger partial charge on any atom is -0.490 e. The van der Waals surface area contributed by atoms with Gasteiger partial charge in [0.2, 0.25) is 0 Å². The molecule has 1 aromatic rings. The third-order valence-corrected chi connectivity index (χ3v) is 3.04. The van der Waals surface area contributed by atoms with Crippen molar-refractivity contribution in [1.29, 1.82) is 0 Å². The molecule has 0 saturated heterocycles. The summed E-state index contributed by atoms with van der Waals surface area (Å²) in [6.45, 7) is 1.26. The lowest BCUT2D eigenvalue weighted by molar-refractivity contribution is -0.385. The SMILES string of the molecule is COC(=O)CCCN(C)Cc1ccc(OC)c([N+](=O)[O-])c1. The molecule has 0 spiro atoms. The second-order valence-electron chi connectivity index (χ2n) is 4.68. The molecule has 1 rings (SSSR count). The Bertz CT molecular complexity index is 504. The molecule has 0 N–H and O–H groups in total. The molecule has 0 bridgehead atoms. The normalized spacial score (nSPS) is 10.5. The summed E-state index contributed by atoms with van der Waals surface area (Å²) in [5.74, 6) is 0.0144. The molecule has 116 valence electrons. The number of nitrogens with zero attached hydrogens (tertiary/aromatic N) is 2. The fourth-order valence-electron chi connectivity index (χ4n) is 1.96. The van der Waals surface area contributed by atoms with Crippen molar-refractivity contribution in [2.45, 2.75) is 19.4 Å². The maximum Gasteiger partial charge on any atom is 0.311 e. The fraction of sp³-hybridized carbons (Fsp3) is 0.500. The van der Waals surface area contributed by atoms with Gasteiger partial charge in [0.05, 0.1) is 19.1 Å². The van der Waals surface area contributed by atoms with Crippen LogP contribution in [0.2, 0.25) is 0 Å². The van der Waals surface area contributed by atoms with E-state index in [1.165, 1.54) is 20.3 Å². The maximum absolute atomic E-state index is 11.0. The highest BCUT2D eigenvalue weighted by Crippen LogP contribution is 2.27. The summed E-state index contributed by atoms with van der Waals surface area (Å²) in [5.41, 5.74) is 0.779. The van der Waals surface area contributed by atoms with E-state index in [1.807, 2.05) is 11.9 Å². The first kappa shape index (κ1) is 16.9. The van der Waals surface area contributed by atoms with Crippen LogP contribution in [0, 0.1) is 10.1 Å². The van der Waals surface area contributed by atoms with E-state index in [1.54, 1.807) is 12.1 Å². The van der Waals surface area contributed by atoms with Crippen molar-refractivity contribution < 1.29 is 19.2 Å². The highest BCUT2D eigenvalue weighted by molar-refractivity contribution is 5.69. The van der Waals surface area contributed by atoms with Crippen LogP contribution in [-0.4, -0.2) is 43.6 Å². The summed E-state index contributed by atoms with van der Waals surface area (Å²) < 4.78 is 9.54. The number of carbonyl (C=O) groups excluding carboxylic acids is 1. The lowest BCUT2D eigenvalue weighted by atomic mass is 10.1. The highest BCUT2D eigenvalue weighted by atomic mass is 16.6. The van der Waals surface area contributed by atoms with Gasteiger partial charge in [-0.25, -0.2) is 0 Å². The third-order valence-electron chi connectivity index (χ3n) is 3.04. The number of benzene rings is 1. The van der Waals surface area contributed by atoms with Gasteiger partial charge < -0.3 is 14.4 Å². The predicted molar refractivity (Wildman–Crippen MR) is 77.2 cm³/mol. The molecule has 0 saturated carbocycles. The lowest BCUT2D eigenvalue weighted by Gasteiger charge is -2.16. The summed E-state index contributed by atoms with van der Waals surface area (Å²) in [6, 6.07) is 4.90. The second kappa shape index (κ2) is 8.21. The molecule has 0 heterocycles. The number of esters is 1. The Morgan fingerprint density at radius 3 is 2.67 bits per heavy atom. The van der Waals surface area contributed by atoms with Crippen molar-refractivity contribution in [3.05, 3.63) is 33.9 Å². The number of hydrogen-bond acceptors (Lipinski definition) is 6. The van der Waals surface area contributed by atoms with Gasteiger partial charge in [-0.3, -0.25) is 14.9 Å². The first-order valence-corrected chi connectivity index (χ1v) is 6.54. The molecule has 0 aliphatic carbocycles. The van der Waals surface area contributed by atoms with E-state index < -0.39 is 4.92 Å². The fourth-order valence-corrected chi connectivity index (χ4v) is 1.96. The van der Waals surface area contributed by atoms with E-state index in [4.69, 9.17) is 4.74 Å². The topological polar surface area (TPSA) is 81.9 Å². The van der Waals surface area contributed by atoms with Crippen molar-refractivity contribution in [3.8, 4) is 5.75 Å². The van der Waals surface area contributed by atoms with E-state index in [-0.39, 0.29) is 17.4 Å². The quantitative estimate of drug-likeness (QED) is 0.414. The Kier molecular flexibility index (Phi) is 6.61. The molecular formula is C14H20N2O5. The Balaban J connectivity index is 2.60. The Labute approximate surface area is 123 Å². The number of hydrogen-bond donors (Lipinski definition) is 0. The van der Waals surface area contributed by atoms with E-state index >= 15 is 0 Å². The molecule has 0 aliphatic rings. The average Bonchev–Trinajstić information content (AvgIpc) is 2.46. The number of methoxy groups -OCH3 is 2. The van der Waals surface area contributed by atoms with E-state index in [0.29, 0.717) is 25.9 Å². The molecule has 0 aromatic heterocycles. The van der Waals surface area contributed by atoms with Crippen molar-refractivity contribution in [3.63, 3.8) is 0 Å². The zero-order valence-corrected chi connectivity index (χ0v) is 12.5. The van der Waals surface area contributed by atoms with E-state index in [9.17, 15) is 14.9 Å². The molecular weight excluding hydrogens is 276 g/mol. The van der Waals surface area contributed by atoms with Crippen LogP contribution in [0.15, 0.2) is 18.2 Å². The molecule has 0 unspecified atom stereocenters. The Morgan fingerprint density at radius 2 is 2.10 bits per heavy atom. The van der Waals surface area contributed by atoms with Crippen LogP contribution < -0.4 is 4.74 Å². The van der Waals surface area contributed by atoms with Crippen LogP contribution in [0.4, 0.5) is 5.69 Å². The number of nitro benzene ring substituents is 1. The first-order chi connectivity index (χ1) is 9.97. The predicted octanol–water partition coefficient (Wildman–Crippen LogP) is 1.99. The van der Waals surface area contributed by atoms with Crippen molar-refractivity contribution in [1.82, 2.24) is 4.90 Å². The van der Waals surface area contributed by atoms with Gasteiger partial charge in [0.1, 0.15) is 0 Å². The minimum atomic E-state index is -0.459. The molecule has 21 heavy (non-hydrogen) atoms. The minimum absolute atomic E-state index is 0.0436. The molecule has 0 radical (unpaired) electrons. The van der Waals surface area contributed by atoms with Gasteiger partial charge in [0.15, 0.2) is 5.75 Å². The lowest BCUT2D eigenvalue weighted by Crippen LogP contribution is -2.20. The third kappa shape index (κ3) is 5.39. The van der Waals surface area contributed by atoms with Gasteiger partial charge in [-0.15, -0.1) is 0 Å². The van der Waals surface area contributed by atoms with Gasteiger partial charge in [-0.2, -0.15) is 0 Å². The van der Waals surface area contributed by atoms with Gasteiger partial charge in [-0.05, 0) is 31.6 Å². The van der Waals surface area contributed by atoms with Crippen molar-refractivity contribution in [2.24, 2.45) is 0 Å². The summed E-state index contributed by atoms with van der Waals surface area (Å²) in [4.78, 5) is 23.5. The van der Waals surface area contributed by atoms with Gasteiger partial charge >= 0.3 is 11.7 Å². The van der Waals surface area contributed by atoms with Gasteiger partial charge in [0.25, 0.3) is 0 Å². The standard InChI is InChI=1S/C14H20N2O5/c1-15(8-4-5-14(17)21-3)10-11-6-7-13(20-2)12(9-11)16(18)19/h6-7,9H,4-5,8,10H2,1-3H3. The first-order valence-electron chi connectivity index (χ1n) is 6.54. The summed E-state index contributed by atoms with van der Waals surface area (Å²) in [6.07, 6.45) is 1.05. The molecule has 7 heteroatoms. The molecule has 7 nitrogen and oxygen atoms in total. The number of nitro groups is 1. The van der Waals surface area contributed by atoms with Crippen LogP contribution in [0.3, 0.4) is 0 Å². The van der Waals surface area contributed by atoms with Crippen LogP contribution in [0.25, 0.3) is 0 Å².